The van der Waals surface area contributed by atoms with Gasteiger partial charge in [0.2, 0.25) is 5.75 Å². The van der Waals surface area contributed by atoms with Crippen molar-refractivity contribution in [1.29, 1.82) is 0 Å². The Kier molecular flexibility index (Phi) is 6.75. The summed E-state index contributed by atoms with van der Waals surface area (Å²) in [7, 11) is 0. The van der Waals surface area contributed by atoms with E-state index in [1.165, 1.54) is 6.07 Å². The Morgan fingerprint density at radius 1 is 0.686 bits per heavy atom. The summed E-state index contributed by atoms with van der Waals surface area (Å²) >= 11 is 12.0. The summed E-state index contributed by atoms with van der Waals surface area (Å²) < 4.78 is 18.0. The van der Waals surface area contributed by atoms with Crippen LogP contribution in [0.1, 0.15) is 11.1 Å². The van der Waals surface area contributed by atoms with Crippen LogP contribution in [0, 0.1) is 0 Å². The Morgan fingerprint density at radius 2 is 1.29 bits per heavy atom. The highest BCUT2D eigenvalue weighted by Gasteiger charge is 2.18. The topological polar surface area (TPSA) is 48.7 Å². The van der Waals surface area contributed by atoms with Crippen molar-refractivity contribution in [2.45, 2.75) is 13.2 Å². The van der Waals surface area contributed by atoms with Gasteiger partial charge in [-0.05, 0) is 58.7 Å². The molecule has 1 heterocycles. The summed E-state index contributed by atoms with van der Waals surface area (Å²) in [6.07, 6.45) is 0. The van der Waals surface area contributed by atoms with Gasteiger partial charge in [0, 0.05) is 21.5 Å². The molecule has 0 aliphatic rings. The van der Waals surface area contributed by atoms with Crippen molar-refractivity contribution >= 4 is 34.2 Å². The van der Waals surface area contributed by atoms with Crippen molar-refractivity contribution in [2.24, 2.45) is 0 Å². The second-order valence-corrected chi connectivity index (χ2v) is 8.82. The van der Waals surface area contributed by atoms with Crippen molar-refractivity contribution < 1.29 is 13.9 Å². The zero-order valence-corrected chi connectivity index (χ0v) is 20.1. The second kappa shape index (κ2) is 10.3. The Balaban J connectivity index is 1.57. The third-order valence-electron chi connectivity index (χ3n) is 5.52. The zero-order valence-electron chi connectivity index (χ0n) is 18.5. The van der Waals surface area contributed by atoms with Crippen LogP contribution in [0.5, 0.6) is 11.5 Å². The van der Waals surface area contributed by atoms with Gasteiger partial charge in [-0.15, -0.1) is 0 Å². The summed E-state index contributed by atoms with van der Waals surface area (Å²) in [5, 5.41) is 2.05. The van der Waals surface area contributed by atoms with Crippen LogP contribution in [0.4, 0.5) is 0 Å². The predicted molar refractivity (Wildman–Crippen MR) is 139 cm³/mol. The number of benzene rings is 4. The molecule has 0 N–H and O–H groups in total. The smallest absolute Gasteiger partial charge is 0.336 e. The highest BCUT2D eigenvalue weighted by atomic mass is 35.5. The molecule has 0 fully saturated rings. The molecule has 0 saturated heterocycles. The van der Waals surface area contributed by atoms with Crippen molar-refractivity contribution in [2.75, 3.05) is 0 Å². The van der Waals surface area contributed by atoms with E-state index in [1.54, 1.807) is 12.1 Å². The van der Waals surface area contributed by atoms with Crippen LogP contribution in [0.25, 0.3) is 22.1 Å². The van der Waals surface area contributed by atoms with Crippen LogP contribution in [-0.4, -0.2) is 0 Å². The lowest BCUT2D eigenvalue weighted by molar-refractivity contribution is 0.255. The van der Waals surface area contributed by atoms with E-state index in [0.717, 1.165) is 27.6 Å². The number of rotatable bonds is 7. The van der Waals surface area contributed by atoms with Gasteiger partial charge >= 0.3 is 5.63 Å². The first-order chi connectivity index (χ1) is 17.1. The van der Waals surface area contributed by atoms with Crippen molar-refractivity contribution in [1.82, 2.24) is 0 Å². The molecule has 0 atom stereocenters. The zero-order chi connectivity index (χ0) is 24.2. The first kappa shape index (κ1) is 23.0. The van der Waals surface area contributed by atoms with E-state index in [4.69, 9.17) is 37.1 Å². The third kappa shape index (κ3) is 5.35. The van der Waals surface area contributed by atoms with Gasteiger partial charge in [0.25, 0.3) is 0 Å². The molecule has 0 amide bonds. The maximum atomic E-state index is 12.6. The minimum Gasteiger partial charge on any atom is -0.485 e. The van der Waals surface area contributed by atoms with E-state index in [0.29, 0.717) is 33.7 Å². The van der Waals surface area contributed by atoms with Gasteiger partial charge in [0.15, 0.2) is 11.3 Å². The van der Waals surface area contributed by atoms with E-state index in [-0.39, 0.29) is 6.61 Å². The average Bonchev–Trinajstić information content (AvgIpc) is 2.88. The van der Waals surface area contributed by atoms with Crippen LogP contribution >= 0.6 is 23.2 Å². The minimum atomic E-state index is -0.470. The molecule has 5 rings (SSSR count). The standard InChI is InChI=1S/C29H20Cl2O4/c30-22-10-6-19(7-11-22)17-33-26-15-14-24-25(21-4-2-1-3-5-21)16-27(32)35-28(24)29(26)34-18-20-8-12-23(31)13-9-20/h1-16H,17-18H2. The van der Waals surface area contributed by atoms with Gasteiger partial charge in [-0.25, -0.2) is 4.79 Å². The molecule has 174 valence electrons. The van der Waals surface area contributed by atoms with Gasteiger partial charge in [-0.3, -0.25) is 0 Å². The Morgan fingerprint density at radius 3 is 1.91 bits per heavy atom. The highest BCUT2D eigenvalue weighted by Crippen LogP contribution is 2.39. The maximum Gasteiger partial charge on any atom is 0.336 e. The van der Waals surface area contributed by atoms with Crippen LogP contribution in [0.15, 0.2) is 106 Å². The average molecular weight is 503 g/mol. The quantitative estimate of drug-likeness (QED) is 0.212. The Bertz CT molecular complexity index is 1510. The summed E-state index contributed by atoms with van der Waals surface area (Å²) in [5.41, 5.74) is 3.39. The van der Waals surface area contributed by atoms with E-state index < -0.39 is 5.63 Å². The molecule has 1 aromatic heterocycles. The fourth-order valence-corrected chi connectivity index (χ4v) is 4.02. The number of halogens is 2. The van der Waals surface area contributed by atoms with Gasteiger partial charge in [0.05, 0.1) is 0 Å². The molecule has 0 aliphatic heterocycles. The molecule has 4 nitrogen and oxygen atoms in total. The van der Waals surface area contributed by atoms with E-state index in [1.807, 2.05) is 78.9 Å². The molecule has 0 bridgehead atoms. The maximum absolute atomic E-state index is 12.6. The monoisotopic (exact) mass is 502 g/mol. The van der Waals surface area contributed by atoms with Crippen LogP contribution in [-0.2, 0) is 13.2 Å². The normalized spacial score (nSPS) is 10.9. The lowest BCUT2D eigenvalue weighted by Gasteiger charge is -2.16. The van der Waals surface area contributed by atoms with E-state index >= 15 is 0 Å². The van der Waals surface area contributed by atoms with Gasteiger partial charge in [-0.2, -0.15) is 0 Å². The number of fused-ring (bicyclic) bond motifs is 1. The highest BCUT2D eigenvalue weighted by molar-refractivity contribution is 6.30. The molecule has 6 heteroatoms. The Labute approximate surface area is 212 Å². The summed E-state index contributed by atoms with van der Waals surface area (Å²) in [5.74, 6) is 0.830. The van der Waals surface area contributed by atoms with Crippen LogP contribution in [0.3, 0.4) is 0 Å². The minimum absolute atomic E-state index is 0.243. The molecule has 35 heavy (non-hydrogen) atoms. The van der Waals surface area contributed by atoms with Crippen molar-refractivity contribution in [3.63, 3.8) is 0 Å². The molecule has 0 radical (unpaired) electrons. The van der Waals surface area contributed by atoms with E-state index in [2.05, 4.69) is 0 Å². The molecular weight excluding hydrogens is 483 g/mol. The summed E-state index contributed by atoms with van der Waals surface area (Å²) in [4.78, 5) is 12.6. The molecular formula is C29H20Cl2O4. The largest absolute Gasteiger partial charge is 0.485 e. The molecule has 0 unspecified atom stereocenters. The molecule has 0 spiro atoms. The van der Waals surface area contributed by atoms with Gasteiger partial charge in [0.1, 0.15) is 13.2 Å². The first-order valence-corrected chi connectivity index (χ1v) is 11.7. The molecule has 5 aromatic rings. The Hall–Kier alpha value is -3.73. The number of ether oxygens (including phenoxy) is 2. The summed E-state index contributed by atoms with van der Waals surface area (Å²) in [6, 6.07) is 29.7. The van der Waals surface area contributed by atoms with Crippen LogP contribution < -0.4 is 15.1 Å². The second-order valence-electron chi connectivity index (χ2n) is 7.94. The number of hydrogen-bond acceptors (Lipinski definition) is 4. The fraction of sp³-hybridized carbons (Fsp3) is 0.0690. The third-order valence-corrected chi connectivity index (χ3v) is 6.02. The predicted octanol–water partition coefficient (Wildman–Crippen LogP) is 7.92. The van der Waals surface area contributed by atoms with Crippen LogP contribution in [0.2, 0.25) is 10.0 Å². The van der Waals surface area contributed by atoms with Crippen molar-refractivity contribution in [3.8, 4) is 22.6 Å². The molecule has 4 aromatic carbocycles. The van der Waals surface area contributed by atoms with E-state index in [9.17, 15) is 4.79 Å². The lowest BCUT2D eigenvalue weighted by Crippen LogP contribution is -2.04. The fourth-order valence-electron chi connectivity index (χ4n) is 3.77. The number of hydrogen-bond donors (Lipinski definition) is 0. The molecule has 0 saturated carbocycles. The first-order valence-electron chi connectivity index (χ1n) is 11.0. The van der Waals surface area contributed by atoms with Gasteiger partial charge < -0.3 is 13.9 Å². The summed E-state index contributed by atoms with van der Waals surface area (Å²) in [6.45, 7) is 0.537. The SMILES string of the molecule is O=c1cc(-c2ccccc2)c2ccc(OCc3ccc(Cl)cc3)c(OCc3ccc(Cl)cc3)c2o1. The lowest BCUT2D eigenvalue weighted by atomic mass is 10.0. The van der Waals surface area contributed by atoms with Gasteiger partial charge in [-0.1, -0.05) is 77.8 Å². The molecule has 0 aliphatic carbocycles. The van der Waals surface area contributed by atoms with Crippen molar-refractivity contribution in [3.05, 3.63) is 129 Å².